The molecule has 1 aliphatic heterocycles. The van der Waals surface area contributed by atoms with Gasteiger partial charge in [-0.15, -0.1) is 0 Å². The molecule has 0 spiro atoms. The molecule has 0 N–H and O–H groups in total. The zero-order chi connectivity index (χ0) is 15.1. The maximum Gasteiger partial charge on any atom is 0.192 e. The minimum absolute atomic E-state index is 0.0541. The van der Waals surface area contributed by atoms with E-state index in [-0.39, 0.29) is 17.2 Å². The van der Waals surface area contributed by atoms with Gasteiger partial charge >= 0.3 is 0 Å². The first-order chi connectivity index (χ1) is 8.36. The fraction of sp³-hybridized carbons (Fsp3) is 0.867. The van der Waals surface area contributed by atoms with Gasteiger partial charge in [0.25, 0.3) is 0 Å². The van der Waals surface area contributed by atoms with Crippen LogP contribution in [0, 0.1) is 0 Å². The van der Waals surface area contributed by atoms with Crippen LogP contribution >= 0.6 is 0 Å². The van der Waals surface area contributed by atoms with Gasteiger partial charge in [0.05, 0.1) is 6.61 Å². The molecule has 0 aromatic heterocycles. The van der Waals surface area contributed by atoms with Crippen molar-refractivity contribution in [3.8, 4) is 0 Å². The topological polar surface area (TPSA) is 27.7 Å². The number of rotatable bonds is 4. The third kappa shape index (κ3) is 4.15. The van der Waals surface area contributed by atoms with Crippen molar-refractivity contribution in [3.05, 3.63) is 12.2 Å². The first-order valence-corrected chi connectivity index (χ1v) is 9.91. The maximum atomic E-state index is 6.24. The normalized spacial score (nSPS) is 27.6. The lowest BCUT2D eigenvalue weighted by Gasteiger charge is -2.37. The summed E-state index contributed by atoms with van der Waals surface area (Å²) in [5.41, 5.74) is 0.995. The SMILES string of the molecule is C=C(C)[C@H]1OC(C)(C)O[C@@H]1CO[Si](C)(C)C(C)(C)C. The Morgan fingerprint density at radius 3 is 2.21 bits per heavy atom. The molecule has 0 aromatic rings. The third-order valence-corrected chi connectivity index (χ3v) is 8.58. The minimum Gasteiger partial charge on any atom is -0.414 e. The molecule has 112 valence electrons. The molecule has 0 radical (unpaired) electrons. The van der Waals surface area contributed by atoms with Crippen LogP contribution in [-0.4, -0.2) is 32.9 Å². The zero-order valence-corrected chi connectivity index (χ0v) is 14.8. The van der Waals surface area contributed by atoms with Crippen LogP contribution in [0.5, 0.6) is 0 Å². The Labute approximate surface area is 119 Å². The van der Waals surface area contributed by atoms with Crippen LogP contribution in [0.1, 0.15) is 41.5 Å². The fourth-order valence-corrected chi connectivity index (χ4v) is 2.90. The summed E-state index contributed by atoms with van der Waals surface area (Å²) in [5.74, 6) is -0.551. The van der Waals surface area contributed by atoms with Crippen molar-refractivity contribution >= 4 is 8.32 Å². The number of hydrogen-bond acceptors (Lipinski definition) is 3. The second-order valence-corrected chi connectivity index (χ2v) is 12.3. The Balaban J connectivity index is 2.69. The molecule has 19 heavy (non-hydrogen) atoms. The van der Waals surface area contributed by atoms with Gasteiger partial charge in [-0.25, -0.2) is 0 Å². The summed E-state index contributed by atoms with van der Waals surface area (Å²) in [6.45, 7) is 21.7. The van der Waals surface area contributed by atoms with Gasteiger partial charge in [-0.3, -0.25) is 0 Å². The highest BCUT2D eigenvalue weighted by atomic mass is 28.4. The first-order valence-electron chi connectivity index (χ1n) is 7.01. The lowest BCUT2D eigenvalue weighted by atomic mass is 10.1. The second kappa shape index (κ2) is 5.32. The summed E-state index contributed by atoms with van der Waals surface area (Å²) >= 11 is 0. The van der Waals surface area contributed by atoms with E-state index < -0.39 is 14.1 Å². The molecular formula is C15H30O3Si. The highest BCUT2D eigenvalue weighted by Gasteiger charge is 2.44. The molecule has 1 saturated heterocycles. The van der Waals surface area contributed by atoms with Gasteiger partial charge in [0.1, 0.15) is 12.2 Å². The molecule has 0 aliphatic carbocycles. The Morgan fingerprint density at radius 2 is 1.79 bits per heavy atom. The molecule has 3 nitrogen and oxygen atoms in total. The van der Waals surface area contributed by atoms with E-state index >= 15 is 0 Å². The van der Waals surface area contributed by atoms with Crippen LogP contribution in [0.2, 0.25) is 18.1 Å². The van der Waals surface area contributed by atoms with E-state index in [1.165, 1.54) is 0 Å². The Kier molecular flexibility index (Phi) is 4.73. The monoisotopic (exact) mass is 286 g/mol. The molecular weight excluding hydrogens is 256 g/mol. The van der Waals surface area contributed by atoms with E-state index in [9.17, 15) is 0 Å². The number of ether oxygens (including phenoxy) is 2. The second-order valence-electron chi connectivity index (χ2n) is 7.51. The van der Waals surface area contributed by atoms with Crippen molar-refractivity contribution in [1.82, 2.24) is 0 Å². The van der Waals surface area contributed by atoms with Crippen LogP contribution in [0.4, 0.5) is 0 Å². The lowest BCUT2D eigenvalue weighted by Crippen LogP contribution is -2.44. The smallest absolute Gasteiger partial charge is 0.192 e. The molecule has 0 unspecified atom stereocenters. The van der Waals surface area contributed by atoms with Gasteiger partial charge in [0.2, 0.25) is 0 Å². The molecule has 1 rings (SSSR count). The Morgan fingerprint density at radius 1 is 1.26 bits per heavy atom. The van der Waals surface area contributed by atoms with Crippen LogP contribution in [0.3, 0.4) is 0 Å². The van der Waals surface area contributed by atoms with Crippen molar-refractivity contribution < 1.29 is 13.9 Å². The summed E-state index contributed by atoms with van der Waals surface area (Å²) < 4.78 is 18.1. The van der Waals surface area contributed by atoms with E-state index in [4.69, 9.17) is 13.9 Å². The van der Waals surface area contributed by atoms with E-state index in [2.05, 4.69) is 40.4 Å². The molecule has 4 heteroatoms. The third-order valence-electron chi connectivity index (χ3n) is 4.08. The summed E-state index contributed by atoms with van der Waals surface area (Å²) in [4.78, 5) is 0. The highest BCUT2D eigenvalue weighted by molar-refractivity contribution is 6.74. The molecule has 0 amide bonds. The van der Waals surface area contributed by atoms with Crippen LogP contribution in [-0.2, 0) is 13.9 Å². The van der Waals surface area contributed by atoms with Gasteiger partial charge in [-0.2, -0.15) is 0 Å². The van der Waals surface area contributed by atoms with Gasteiger partial charge in [-0.1, -0.05) is 27.4 Å². The zero-order valence-electron chi connectivity index (χ0n) is 13.8. The van der Waals surface area contributed by atoms with Crippen molar-refractivity contribution in [2.45, 2.75) is 77.7 Å². The summed E-state index contributed by atoms with van der Waals surface area (Å²) in [5, 5.41) is 0.209. The van der Waals surface area contributed by atoms with E-state index in [1.54, 1.807) is 0 Å². The van der Waals surface area contributed by atoms with Crippen LogP contribution in [0.25, 0.3) is 0 Å². The van der Waals surface area contributed by atoms with Gasteiger partial charge in [-0.05, 0) is 44.5 Å². The maximum absolute atomic E-state index is 6.24. The standard InChI is InChI=1S/C15H30O3Si/c1-11(2)13-12(17-15(6,7)18-13)10-16-19(8,9)14(3,4)5/h12-13H,1,10H2,2-9H3/t12-,13-/m1/s1. The molecule has 1 fully saturated rings. The summed E-state index contributed by atoms with van der Waals surface area (Å²) in [7, 11) is -1.75. The van der Waals surface area contributed by atoms with Crippen LogP contribution in [0.15, 0.2) is 12.2 Å². The Hall–Kier alpha value is -0.163. The highest BCUT2D eigenvalue weighted by Crippen LogP contribution is 2.38. The summed E-state index contributed by atoms with van der Waals surface area (Å²) in [6.07, 6.45) is -0.124. The lowest BCUT2D eigenvalue weighted by molar-refractivity contribution is -0.146. The van der Waals surface area contributed by atoms with Crippen molar-refractivity contribution in [2.75, 3.05) is 6.61 Å². The van der Waals surface area contributed by atoms with Crippen LogP contribution < -0.4 is 0 Å². The summed E-state index contributed by atoms with van der Waals surface area (Å²) in [6, 6.07) is 0. The number of hydrogen-bond donors (Lipinski definition) is 0. The molecule has 1 aliphatic rings. The fourth-order valence-electron chi connectivity index (χ4n) is 1.88. The van der Waals surface area contributed by atoms with E-state index in [0.717, 1.165) is 5.57 Å². The first kappa shape index (κ1) is 16.9. The predicted octanol–water partition coefficient (Wildman–Crippen LogP) is 4.10. The molecule has 0 bridgehead atoms. The molecule has 2 atom stereocenters. The van der Waals surface area contributed by atoms with Crippen molar-refractivity contribution in [1.29, 1.82) is 0 Å². The molecule has 1 heterocycles. The van der Waals surface area contributed by atoms with E-state index in [0.29, 0.717) is 6.61 Å². The average molecular weight is 286 g/mol. The molecule has 0 aromatic carbocycles. The van der Waals surface area contributed by atoms with Gasteiger partial charge < -0.3 is 13.9 Å². The largest absolute Gasteiger partial charge is 0.414 e. The van der Waals surface area contributed by atoms with Crippen molar-refractivity contribution in [3.63, 3.8) is 0 Å². The van der Waals surface area contributed by atoms with Gasteiger partial charge in [0.15, 0.2) is 14.1 Å². The average Bonchev–Trinajstić information content (AvgIpc) is 2.49. The molecule has 0 saturated carbocycles. The van der Waals surface area contributed by atoms with E-state index in [1.807, 2.05) is 20.8 Å². The predicted molar refractivity (Wildman–Crippen MR) is 81.8 cm³/mol. The Bertz CT molecular complexity index is 342. The van der Waals surface area contributed by atoms with Crippen molar-refractivity contribution in [2.24, 2.45) is 0 Å². The minimum atomic E-state index is -1.75. The quantitative estimate of drug-likeness (QED) is 0.575. The van der Waals surface area contributed by atoms with Gasteiger partial charge in [0, 0.05) is 0 Å².